The molecule has 0 N–H and O–H groups in total. The fraction of sp³-hybridized carbons (Fsp3) is 0.316. The van der Waals surface area contributed by atoms with Crippen molar-refractivity contribution in [2.24, 2.45) is 0 Å². The van der Waals surface area contributed by atoms with Crippen LogP contribution in [0.2, 0.25) is 0 Å². The molecule has 3 aromatic rings. The van der Waals surface area contributed by atoms with Crippen molar-refractivity contribution in [2.45, 2.75) is 37.1 Å². The maximum Gasteiger partial charge on any atom is 0.310 e. The molecule has 0 aliphatic carbocycles. The van der Waals surface area contributed by atoms with Gasteiger partial charge in [-0.15, -0.1) is 0 Å². The Morgan fingerprint density at radius 2 is 1.81 bits per heavy atom. The van der Waals surface area contributed by atoms with Gasteiger partial charge in [-0.3, -0.25) is 0 Å². The SMILES string of the molecule is CC1(C)OCCC(c2ccnc3c2c(C#N)nn3-c2ccc(S(F)(F)(F)(F)F)cc2)O1. The molecule has 166 valence electrons. The average molecular weight is 460 g/mol. The Morgan fingerprint density at radius 3 is 2.39 bits per heavy atom. The van der Waals surface area contributed by atoms with Gasteiger partial charge in [0.2, 0.25) is 0 Å². The fourth-order valence-corrected chi connectivity index (χ4v) is 4.15. The van der Waals surface area contributed by atoms with Crippen LogP contribution in [0, 0.1) is 11.3 Å². The van der Waals surface area contributed by atoms with E-state index in [0.717, 1.165) is 16.8 Å². The lowest BCUT2D eigenvalue weighted by Gasteiger charge is -2.40. The fourth-order valence-electron chi connectivity index (χ4n) is 3.50. The van der Waals surface area contributed by atoms with E-state index >= 15 is 0 Å². The zero-order valence-corrected chi connectivity index (χ0v) is 17.2. The number of nitriles is 1. The molecular weight excluding hydrogens is 443 g/mol. The van der Waals surface area contributed by atoms with Crippen LogP contribution in [0.3, 0.4) is 0 Å². The molecule has 1 aromatic carbocycles. The van der Waals surface area contributed by atoms with Gasteiger partial charge in [0, 0.05) is 12.6 Å². The minimum Gasteiger partial charge on any atom is -0.350 e. The van der Waals surface area contributed by atoms with Crippen molar-refractivity contribution in [3.63, 3.8) is 0 Å². The summed E-state index contributed by atoms with van der Waals surface area (Å²) in [5.41, 5.74) is 0.868. The van der Waals surface area contributed by atoms with Crippen LogP contribution in [-0.2, 0) is 9.47 Å². The molecule has 1 unspecified atom stereocenters. The Hall–Kier alpha value is -2.75. The summed E-state index contributed by atoms with van der Waals surface area (Å²) in [6, 6.07) is 5.95. The van der Waals surface area contributed by atoms with E-state index in [0.29, 0.717) is 36.1 Å². The van der Waals surface area contributed by atoms with Gasteiger partial charge in [-0.25, -0.2) is 9.67 Å². The van der Waals surface area contributed by atoms with Crippen molar-refractivity contribution in [3.8, 4) is 11.8 Å². The number of rotatable bonds is 3. The number of hydrogen-bond donors (Lipinski definition) is 0. The normalized spacial score (nSPS) is 21.3. The quantitative estimate of drug-likeness (QED) is 0.438. The number of benzene rings is 1. The van der Waals surface area contributed by atoms with E-state index in [-0.39, 0.29) is 17.0 Å². The molecule has 12 heteroatoms. The Balaban J connectivity index is 1.84. The van der Waals surface area contributed by atoms with Crippen molar-refractivity contribution in [2.75, 3.05) is 6.61 Å². The number of ether oxygens (including phenoxy) is 2. The number of aromatic nitrogens is 3. The minimum atomic E-state index is -9.80. The van der Waals surface area contributed by atoms with Gasteiger partial charge in [0.1, 0.15) is 11.0 Å². The summed E-state index contributed by atoms with van der Waals surface area (Å²) in [5, 5.41) is 14.1. The molecule has 3 heterocycles. The monoisotopic (exact) mass is 460 g/mol. The standard InChI is InChI=1S/C19H17F5N4O2S/c1-19(2)29-10-8-16(30-19)14-7-9-26-18-17(14)15(11-25)27-28(18)12-3-5-13(6-4-12)31(20,21,22,23)24/h3-7,9,16H,8,10H2,1-2H3. The minimum absolute atomic E-state index is 0.0113. The molecule has 0 amide bonds. The van der Waals surface area contributed by atoms with Crippen LogP contribution in [0.15, 0.2) is 41.4 Å². The number of fused-ring (bicyclic) bond motifs is 1. The summed E-state index contributed by atoms with van der Waals surface area (Å²) < 4.78 is 77.7. The van der Waals surface area contributed by atoms with Crippen LogP contribution >= 0.6 is 10.2 Å². The summed E-state index contributed by atoms with van der Waals surface area (Å²) in [4.78, 5) is 2.21. The van der Waals surface area contributed by atoms with Crippen molar-refractivity contribution < 1.29 is 28.9 Å². The van der Waals surface area contributed by atoms with Crippen molar-refractivity contribution in [3.05, 3.63) is 47.8 Å². The molecule has 0 saturated carbocycles. The van der Waals surface area contributed by atoms with E-state index in [4.69, 9.17) is 9.47 Å². The topological polar surface area (TPSA) is 73.0 Å². The predicted molar refractivity (Wildman–Crippen MR) is 103 cm³/mol. The number of pyridine rings is 1. The molecule has 1 saturated heterocycles. The molecule has 1 fully saturated rings. The summed E-state index contributed by atoms with van der Waals surface area (Å²) in [6.07, 6.45) is 1.55. The van der Waals surface area contributed by atoms with Crippen LogP contribution in [0.5, 0.6) is 0 Å². The average Bonchev–Trinajstić information content (AvgIpc) is 3.04. The third-order valence-corrected chi connectivity index (χ3v) is 6.00. The highest BCUT2D eigenvalue weighted by Crippen LogP contribution is 3.02. The Morgan fingerprint density at radius 1 is 1.13 bits per heavy atom. The molecule has 0 spiro atoms. The largest absolute Gasteiger partial charge is 0.350 e. The smallest absolute Gasteiger partial charge is 0.310 e. The third kappa shape index (κ3) is 4.08. The lowest BCUT2D eigenvalue weighted by atomic mass is 10.0. The second kappa shape index (κ2) is 6.15. The van der Waals surface area contributed by atoms with Gasteiger partial charge in [0.05, 0.1) is 23.8 Å². The van der Waals surface area contributed by atoms with E-state index in [9.17, 15) is 24.7 Å². The molecule has 6 nitrogen and oxygen atoms in total. The van der Waals surface area contributed by atoms with Gasteiger partial charge in [-0.2, -0.15) is 10.4 Å². The van der Waals surface area contributed by atoms with Gasteiger partial charge in [-0.05, 0) is 49.7 Å². The van der Waals surface area contributed by atoms with E-state index in [2.05, 4.69) is 10.1 Å². The molecule has 31 heavy (non-hydrogen) atoms. The molecule has 1 atom stereocenters. The molecule has 4 rings (SSSR count). The van der Waals surface area contributed by atoms with Crippen LogP contribution in [0.25, 0.3) is 16.7 Å². The van der Waals surface area contributed by atoms with E-state index in [1.165, 1.54) is 6.20 Å². The second-order valence-corrected chi connectivity index (χ2v) is 9.99. The van der Waals surface area contributed by atoms with E-state index in [1.54, 1.807) is 19.9 Å². The zero-order valence-electron chi connectivity index (χ0n) is 16.4. The molecule has 2 aromatic heterocycles. The first-order chi connectivity index (χ1) is 14.2. The molecule has 0 radical (unpaired) electrons. The van der Waals surface area contributed by atoms with Gasteiger partial charge >= 0.3 is 10.2 Å². The summed E-state index contributed by atoms with van der Waals surface area (Å²) in [6.45, 7) is 3.94. The van der Waals surface area contributed by atoms with Crippen molar-refractivity contribution >= 4 is 21.3 Å². The number of halogens is 5. The first kappa shape index (κ1) is 21.5. The Bertz CT molecular complexity index is 1220. The van der Waals surface area contributed by atoms with Crippen LogP contribution in [-0.4, -0.2) is 27.2 Å². The number of hydrogen-bond acceptors (Lipinski definition) is 5. The van der Waals surface area contributed by atoms with Gasteiger partial charge in [0.15, 0.2) is 17.1 Å². The summed E-state index contributed by atoms with van der Waals surface area (Å²) in [5.74, 6) is -0.845. The Kier molecular flexibility index (Phi) is 4.26. The first-order valence-corrected chi connectivity index (χ1v) is 11.1. The third-order valence-electron chi connectivity index (χ3n) is 4.84. The summed E-state index contributed by atoms with van der Waals surface area (Å²) >= 11 is 0. The van der Waals surface area contributed by atoms with Gasteiger partial charge < -0.3 is 9.47 Å². The molecule has 0 bridgehead atoms. The molecule has 1 aliphatic rings. The van der Waals surface area contributed by atoms with Gasteiger partial charge in [0.25, 0.3) is 0 Å². The first-order valence-electron chi connectivity index (χ1n) is 9.12. The van der Waals surface area contributed by atoms with Crippen LogP contribution in [0.1, 0.15) is 37.6 Å². The highest BCUT2D eigenvalue weighted by Gasteiger charge is 2.65. The lowest BCUT2D eigenvalue weighted by Crippen LogP contribution is -2.36. The molecular formula is C19H17F5N4O2S. The molecule has 1 aliphatic heterocycles. The Labute approximate surface area is 173 Å². The highest BCUT2D eigenvalue weighted by molar-refractivity contribution is 8.45. The van der Waals surface area contributed by atoms with E-state index < -0.39 is 27.0 Å². The van der Waals surface area contributed by atoms with Crippen LogP contribution < -0.4 is 0 Å². The lowest BCUT2D eigenvalue weighted by molar-refractivity contribution is -0.275. The van der Waals surface area contributed by atoms with Crippen molar-refractivity contribution in [1.29, 1.82) is 5.26 Å². The maximum absolute atomic E-state index is 13.0. The highest BCUT2D eigenvalue weighted by atomic mass is 32.5. The van der Waals surface area contributed by atoms with Crippen molar-refractivity contribution in [1.82, 2.24) is 14.8 Å². The number of nitrogens with zero attached hydrogens (tertiary/aromatic N) is 4. The maximum atomic E-state index is 13.0. The zero-order chi connectivity index (χ0) is 22.7. The van der Waals surface area contributed by atoms with E-state index in [1.807, 2.05) is 6.07 Å². The van der Waals surface area contributed by atoms with Gasteiger partial charge in [-0.1, -0.05) is 19.4 Å². The predicted octanol–water partition coefficient (Wildman–Crippen LogP) is 6.16. The summed E-state index contributed by atoms with van der Waals surface area (Å²) in [7, 11) is -9.80. The van der Waals surface area contributed by atoms with Crippen LogP contribution in [0.4, 0.5) is 19.4 Å². The second-order valence-electron chi connectivity index (χ2n) is 7.58.